The van der Waals surface area contributed by atoms with E-state index in [9.17, 15) is 0 Å². The Balaban J connectivity index is 0. The van der Waals surface area contributed by atoms with Gasteiger partial charge < -0.3 is 0 Å². The summed E-state index contributed by atoms with van der Waals surface area (Å²) in [5.41, 5.74) is 0. The van der Waals surface area contributed by atoms with Gasteiger partial charge in [0.2, 0.25) is 0 Å². The topological polar surface area (TPSA) is 0 Å². The van der Waals surface area contributed by atoms with Gasteiger partial charge in [0.15, 0.2) is 0 Å². The molecule has 0 aromatic heterocycles. The third-order valence-electron chi connectivity index (χ3n) is 0.771. The Labute approximate surface area is 97.4 Å². The van der Waals surface area contributed by atoms with Crippen LogP contribution in [0.15, 0.2) is 22.1 Å². The van der Waals surface area contributed by atoms with Crippen LogP contribution < -0.4 is 0 Å². The predicted octanol–water partition coefficient (Wildman–Crippen LogP) is 3.87. The molecule has 0 aliphatic heterocycles. The van der Waals surface area contributed by atoms with Crippen LogP contribution >= 0.6 is 23.2 Å². The first-order valence-electron chi connectivity index (χ1n) is 3.92. The van der Waals surface area contributed by atoms with E-state index in [-0.39, 0.29) is 0 Å². The van der Waals surface area contributed by atoms with Gasteiger partial charge in [-0.2, -0.15) is 0 Å². The van der Waals surface area contributed by atoms with Crippen molar-refractivity contribution in [3.05, 3.63) is 22.1 Å². The van der Waals surface area contributed by atoms with Gasteiger partial charge in [-0.05, 0) is 0 Å². The molecule has 0 unspecified atom stereocenters. The van der Waals surface area contributed by atoms with E-state index >= 15 is 0 Å². The van der Waals surface area contributed by atoms with E-state index in [4.69, 9.17) is 23.2 Å². The molecule has 69 valence electrons. The molecular formula is C9H15Cl2Ti. The molecule has 12 heavy (non-hydrogen) atoms. The quantitative estimate of drug-likeness (QED) is 0.446. The third kappa shape index (κ3) is 17.0. The predicted molar refractivity (Wildman–Crippen MR) is 54.6 cm³/mol. The fourth-order valence-corrected chi connectivity index (χ4v) is 0.782. The fourth-order valence-electron chi connectivity index (χ4n) is 0.447. The summed E-state index contributed by atoms with van der Waals surface area (Å²) in [6.45, 7) is 3.78. The van der Waals surface area contributed by atoms with Crippen molar-refractivity contribution in [2.24, 2.45) is 0 Å². The van der Waals surface area contributed by atoms with Crippen LogP contribution in [0.25, 0.3) is 0 Å². The average Bonchev–Trinajstić information content (AvgIpc) is 2.43. The van der Waals surface area contributed by atoms with Crippen LogP contribution in [0.3, 0.4) is 0 Å². The van der Waals surface area contributed by atoms with Gasteiger partial charge >= 0.3 is 49.0 Å². The summed E-state index contributed by atoms with van der Waals surface area (Å²) < 4.78 is 1.47. The standard InChI is InChI=1S/C5H5.2C2H5Cl.Ti/c1-2-4-5-3-1;2*1-2-3;/h1-3H,4H2;2*2H2,1H3;. The van der Waals surface area contributed by atoms with Gasteiger partial charge in [0.05, 0.1) is 0 Å². The average molecular weight is 242 g/mol. The molecular weight excluding hydrogens is 227 g/mol. The number of allylic oxidation sites excluding steroid dienone is 4. The molecule has 0 nitrogen and oxygen atoms in total. The zero-order chi connectivity index (χ0) is 9.82. The first kappa shape index (κ1) is 15.3. The Bertz CT molecular complexity index is 128. The number of hydrogen-bond donors (Lipinski definition) is 0. The molecule has 0 spiro atoms. The van der Waals surface area contributed by atoms with Gasteiger partial charge in [-0.1, -0.05) is 13.8 Å². The molecule has 0 fully saturated rings. The van der Waals surface area contributed by atoms with E-state index in [1.165, 1.54) is 10.3 Å². The molecule has 0 heterocycles. The van der Waals surface area contributed by atoms with Gasteiger partial charge in [0.1, 0.15) is 0 Å². The second kappa shape index (κ2) is 14.3. The van der Waals surface area contributed by atoms with E-state index in [0.29, 0.717) is 0 Å². The van der Waals surface area contributed by atoms with E-state index in [0.717, 1.165) is 11.8 Å². The molecule has 0 aromatic rings. The molecule has 0 bridgehead atoms. The molecule has 0 N–H and O–H groups in total. The molecule has 3 heteroatoms. The normalized spacial score (nSPS) is 12.1. The van der Waals surface area contributed by atoms with E-state index in [2.05, 4.69) is 38.7 Å². The van der Waals surface area contributed by atoms with Gasteiger partial charge in [-0.3, -0.25) is 0 Å². The molecule has 0 radical (unpaired) electrons. The molecule has 0 saturated carbocycles. The Morgan fingerprint density at radius 2 is 1.75 bits per heavy atom. The van der Waals surface area contributed by atoms with Crippen LogP contribution in [0.5, 0.6) is 0 Å². The Morgan fingerprint density at radius 1 is 1.33 bits per heavy atom. The summed E-state index contributed by atoms with van der Waals surface area (Å²) in [6.07, 6.45) is 7.56. The van der Waals surface area contributed by atoms with E-state index < -0.39 is 0 Å². The Morgan fingerprint density at radius 3 is 1.83 bits per heavy atom. The monoisotopic (exact) mass is 241 g/mol. The molecule has 1 aliphatic carbocycles. The van der Waals surface area contributed by atoms with Crippen LogP contribution in [-0.4, -0.2) is 11.8 Å². The van der Waals surface area contributed by atoms with Crippen LogP contribution in [0, 0.1) is 0 Å². The first-order chi connectivity index (χ1) is 5.72. The molecule has 0 atom stereocenters. The summed E-state index contributed by atoms with van der Waals surface area (Å²) in [6, 6.07) is 0. The maximum absolute atomic E-state index is 5.00. The maximum atomic E-state index is 5.00. The second-order valence-electron chi connectivity index (χ2n) is 1.86. The van der Waals surface area contributed by atoms with Crippen LogP contribution in [0.2, 0.25) is 0 Å². The summed E-state index contributed by atoms with van der Waals surface area (Å²) >= 11 is 12.1. The number of alkyl halides is 2. The second-order valence-corrected chi connectivity index (χ2v) is 3.93. The summed E-state index contributed by atoms with van der Waals surface area (Å²) in [5.74, 6) is 1.44. The van der Waals surface area contributed by atoms with Crippen molar-refractivity contribution in [3.63, 3.8) is 0 Å². The zero-order valence-electron chi connectivity index (χ0n) is 7.61. The summed E-state index contributed by atoms with van der Waals surface area (Å²) in [5, 5.41) is 0. The van der Waals surface area contributed by atoms with Gasteiger partial charge in [0, 0.05) is 11.8 Å². The summed E-state index contributed by atoms with van der Waals surface area (Å²) in [7, 11) is 0. The van der Waals surface area contributed by atoms with Crippen molar-refractivity contribution in [2.45, 2.75) is 20.3 Å². The molecule has 0 aromatic carbocycles. The number of halogens is 2. The van der Waals surface area contributed by atoms with Crippen molar-refractivity contribution in [1.29, 1.82) is 0 Å². The minimum absolute atomic E-state index is 0.722. The van der Waals surface area contributed by atoms with E-state index in [1.54, 1.807) is 0 Å². The van der Waals surface area contributed by atoms with Crippen molar-refractivity contribution in [2.75, 3.05) is 11.8 Å². The molecule has 0 saturated heterocycles. The van der Waals surface area contributed by atoms with E-state index in [1.807, 2.05) is 13.8 Å². The van der Waals surface area contributed by atoms with Crippen LogP contribution in [0.4, 0.5) is 0 Å². The van der Waals surface area contributed by atoms with Crippen LogP contribution in [-0.2, 0) is 20.4 Å². The van der Waals surface area contributed by atoms with Crippen molar-refractivity contribution >= 4 is 23.2 Å². The zero-order valence-corrected chi connectivity index (χ0v) is 10.7. The fraction of sp³-hybridized carbons (Fsp3) is 0.556. The number of hydrogen-bond acceptors (Lipinski definition) is 0. The molecule has 1 rings (SSSR count). The minimum atomic E-state index is 0.722. The third-order valence-corrected chi connectivity index (χ3v) is 1.35. The molecule has 0 amide bonds. The van der Waals surface area contributed by atoms with Gasteiger partial charge in [0.25, 0.3) is 0 Å². The van der Waals surface area contributed by atoms with Gasteiger partial charge in [-0.25, -0.2) is 0 Å². The van der Waals surface area contributed by atoms with Crippen molar-refractivity contribution < 1.29 is 20.4 Å². The molecule has 1 aliphatic rings. The van der Waals surface area contributed by atoms with Gasteiger partial charge in [-0.15, -0.1) is 23.2 Å². The van der Waals surface area contributed by atoms with Crippen molar-refractivity contribution in [1.82, 2.24) is 0 Å². The number of rotatable bonds is 0. The van der Waals surface area contributed by atoms with Crippen LogP contribution in [0.1, 0.15) is 20.3 Å². The Hall–Kier alpha value is 0.774. The first-order valence-corrected chi connectivity index (χ1v) is 5.77. The van der Waals surface area contributed by atoms with Crippen molar-refractivity contribution in [3.8, 4) is 0 Å². The Kier molecular flexibility index (Phi) is 18.2. The SMILES string of the molecule is CCCl.CCCl.[Ti][C]1=CC=CC1. The summed E-state index contributed by atoms with van der Waals surface area (Å²) in [4.78, 5) is 0.